The van der Waals surface area contributed by atoms with E-state index in [1.165, 1.54) is 209 Å². The molecule has 22 aromatic carbocycles. The van der Waals surface area contributed by atoms with Gasteiger partial charge in [0.15, 0.2) is 0 Å². The van der Waals surface area contributed by atoms with Gasteiger partial charge in [-0.15, -0.1) is 0 Å². The van der Waals surface area contributed by atoms with E-state index in [0.29, 0.717) is 0 Å². The van der Waals surface area contributed by atoms with Crippen molar-refractivity contribution >= 4 is 98.8 Å². The summed E-state index contributed by atoms with van der Waals surface area (Å²) in [6, 6.07) is 172. The van der Waals surface area contributed by atoms with Crippen LogP contribution in [0.3, 0.4) is 0 Å². The van der Waals surface area contributed by atoms with Crippen molar-refractivity contribution in [3.63, 3.8) is 0 Å². The minimum Gasteiger partial charge on any atom is -0.310 e. The van der Waals surface area contributed by atoms with Crippen LogP contribution in [0.15, 0.2) is 461 Å². The number of anilines is 6. The van der Waals surface area contributed by atoms with E-state index in [1.54, 1.807) is 0 Å². The van der Waals surface area contributed by atoms with Gasteiger partial charge in [0.05, 0.1) is 0 Å². The minimum atomic E-state index is -0.155. The number of hydrogen-bond donors (Lipinski definition) is 0. The average molecular weight is 1740 g/mol. The van der Waals surface area contributed by atoms with E-state index >= 15 is 0 Å². The third-order valence-electron chi connectivity index (χ3n) is 29.2. The summed E-state index contributed by atoms with van der Waals surface area (Å²) < 4.78 is 0. The Hall–Kier alpha value is -16.0. The fourth-order valence-corrected chi connectivity index (χ4v) is 22.2. The van der Waals surface area contributed by atoms with E-state index in [-0.39, 0.29) is 21.7 Å². The molecule has 2 aliphatic carbocycles. The largest absolute Gasteiger partial charge is 0.310 e. The van der Waals surface area contributed by atoms with Crippen LogP contribution >= 0.6 is 0 Å². The maximum atomic E-state index is 2.52. The second-order valence-corrected chi connectivity index (χ2v) is 40.2. The Morgan fingerprint density at radius 2 is 0.412 bits per heavy atom. The molecule has 0 saturated carbocycles. The second kappa shape index (κ2) is 33.6. The van der Waals surface area contributed by atoms with E-state index in [4.69, 9.17) is 0 Å². The van der Waals surface area contributed by atoms with Crippen LogP contribution in [-0.2, 0) is 21.7 Å². The molecule has 22 aromatic rings. The van der Waals surface area contributed by atoms with Gasteiger partial charge in [0.25, 0.3) is 0 Å². The van der Waals surface area contributed by atoms with Gasteiger partial charge in [0.1, 0.15) is 0 Å². The first-order valence-corrected chi connectivity index (χ1v) is 48.0. The zero-order valence-corrected chi connectivity index (χ0v) is 78.8. The number of fused-ring (bicyclic) bond motifs is 18. The average Bonchev–Trinajstić information content (AvgIpc) is 0.975. The molecule has 0 fully saturated rings. The molecule has 0 spiro atoms. The van der Waals surface area contributed by atoms with Gasteiger partial charge in [-0.05, 0) is 305 Å². The monoisotopic (exact) mass is 1740 g/mol. The Balaban J connectivity index is 0.000000155. The van der Waals surface area contributed by atoms with Gasteiger partial charge < -0.3 is 9.80 Å². The highest BCUT2D eigenvalue weighted by atomic mass is 15.1. The fourth-order valence-electron chi connectivity index (χ4n) is 22.2. The van der Waals surface area contributed by atoms with Crippen molar-refractivity contribution < 1.29 is 0 Å². The first-order valence-electron chi connectivity index (χ1n) is 48.0. The third kappa shape index (κ3) is 14.7. The molecule has 0 unspecified atom stereocenters. The van der Waals surface area contributed by atoms with Crippen molar-refractivity contribution in [1.29, 1.82) is 0 Å². The third-order valence-corrected chi connectivity index (χ3v) is 29.2. The zero-order chi connectivity index (χ0) is 92.3. The van der Waals surface area contributed by atoms with Gasteiger partial charge in [0, 0.05) is 45.0 Å². The van der Waals surface area contributed by atoms with Crippen LogP contribution in [0.4, 0.5) is 34.1 Å². The summed E-state index contributed by atoms with van der Waals surface area (Å²) in [6.07, 6.45) is 0. The van der Waals surface area contributed by atoms with Crippen molar-refractivity contribution in [3.05, 3.63) is 494 Å². The lowest BCUT2D eigenvalue weighted by Gasteiger charge is -2.30. The van der Waals surface area contributed by atoms with Crippen LogP contribution < -0.4 is 9.80 Å². The van der Waals surface area contributed by atoms with Crippen LogP contribution in [0.25, 0.3) is 176 Å². The smallest absolute Gasteiger partial charge is 0.0468 e. The predicted octanol–water partition coefficient (Wildman–Crippen LogP) is 37.8. The molecule has 2 nitrogen and oxygen atoms in total. The van der Waals surface area contributed by atoms with Crippen LogP contribution in [0.5, 0.6) is 0 Å². The molecule has 0 amide bonds. The molecule has 0 aliphatic heterocycles. The molecule has 24 rings (SSSR count). The fraction of sp³-hybridized carbons (Fsp3) is 0.104. The molecule has 0 atom stereocenters. The van der Waals surface area contributed by atoms with Crippen LogP contribution in [0.1, 0.15) is 103 Å². The van der Waals surface area contributed by atoms with Gasteiger partial charge >= 0.3 is 0 Å². The van der Waals surface area contributed by atoms with Crippen molar-refractivity contribution in [2.45, 2.75) is 90.9 Å². The van der Waals surface area contributed by atoms with Gasteiger partial charge in [-0.2, -0.15) is 0 Å². The Morgan fingerprint density at radius 1 is 0.162 bits per heavy atom. The summed E-state index contributed by atoms with van der Waals surface area (Å²) in [6.45, 7) is 23.2. The number of benzene rings is 22. The van der Waals surface area contributed by atoms with Gasteiger partial charge in [0.2, 0.25) is 0 Å². The molecular weight excluding hydrogens is 1640 g/mol. The molecule has 2 aliphatic rings. The SMILES string of the molecule is CC(C)(C)c1ccc(N(c2ccc(C(C)(C)C)cc2)c2ccc3c(c2)c2ccccc2c2c(-c4ccccc4)cc(-c4ccc(-c5ccccc5)cc4)c(-c4ccccc4)c32)cc1.CC1(C)c2ccccc2-c2ccc(N(c3ccc4c(c3)C(C)(C)c3ccccc3-4)c3ccc4c(c3)c3ccccc3c3c(-c5ccccc5)cc(-c5ccc(-c6ccccc6)cc5)c(-c5ccccc5)c43)cc21. The summed E-state index contributed by atoms with van der Waals surface area (Å²) >= 11 is 0. The van der Waals surface area contributed by atoms with Crippen LogP contribution in [0, 0.1) is 0 Å². The molecule has 136 heavy (non-hydrogen) atoms. The Morgan fingerprint density at radius 3 is 0.765 bits per heavy atom. The molecule has 0 aromatic heterocycles. The number of nitrogens with zero attached hydrogens (tertiary/aromatic N) is 2. The first kappa shape index (κ1) is 84.3. The lowest BCUT2D eigenvalue weighted by molar-refractivity contribution is 0.590. The maximum absolute atomic E-state index is 2.52. The summed E-state index contributed by atoms with van der Waals surface area (Å²) in [5.41, 5.74) is 39.4. The predicted molar refractivity (Wildman–Crippen MR) is 583 cm³/mol. The standard InChI is InChI=1S/C72H53N.C62H53N/c1-71(2)64-30-18-16-27-55(64)57-39-36-52(43-66(57)71)73(53-37-40-58-56-28-17-19-31-65(56)72(3,4)67(58)44-53)51-38-41-60-63(42-51)54-26-14-15-29-59(54)69-62(48-22-10-6-11-23-48)45-61(68(70(60)69)50-24-12-7-13-25-50)49-34-32-47(33-35-49)46-20-8-5-9-21-46;1-61(2,3)47-30-34-49(35-31-47)63(50-36-32-48(33-37-50)62(4,5)6)51-38-39-54-57(40-51)52-24-16-17-25-53(52)59-56(44-20-12-8-13-21-44)41-55(58(60(54)59)46-22-14-9-15-23-46)45-28-26-43(27-29-45)42-18-10-7-11-19-42/h5-45H,1-4H3;7-41H,1-6H3. The quantitative estimate of drug-likeness (QED) is 0.100. The lowest BCUT2D eigenvalue weighted by atomic mass is 9.81. The van der Waals surface area contributed by atoms with Gasteiger partial charge in [-0.25, -0.2) is 0 Å². The number of hydrogen-bond acceptors (Lipinski definition) is 2. The van der Waals surface area contributed by atoms with E-state index in [9.17, 15) is 0 Å². The van der Waals surface area contributed by atoms with E-state index in [1.807, 2.05) is 0 Å². The molecule has 0 heterocycles. The van der Waals surface area contributed by atoms with Crippen LogP contribution in [-0.4, -0.2) is 0 Å². The molecule has 0 saturated heterocycles. The molecule has 652 valence electrons. The highest BCUT2D eigenvalue weighted by Crippen LogP contribution is 2.58. The summed E-state index contributed by atoms with van der Waals surface area (Å²) in [4.78, 5) is 4.95. The van der Waals surface area contributed by atoms with Crippen LogP contribution in [0.2, 0.25) is 0 Å². The summed E-state index contributed by atoms with van der Waals surface area (Å²) in [5, 5.41) is 14.9. The molecule has 0 N–H and O–H groups in total. The summed E-state index contributed by atoms with van der Waals surface area (Å²) in [7, 11) is 0. The molecule has 0 radical (unpaired) electrons. The summed E-state index contributed by atoms with van der Waals surface area (Å²) in [5.74, 6) is 0. The van der Waals surface area contributed by atoms with E-state index in [2.05, 4.69) is 540 Å². The van der Waals surface area contributed by atoms with Gasteiger partial charge in [-0.3, -0.25) is 0 Å². The van der Waals surface area contributed by atoms with Crippen molar-refractivity contribution in [2.24, 2.45) is 0 Å². The van der Waals surface area contributed by atoms with E-state index in [0.717, 1.165) is 34.1 Å². The molecule has 0 bridgehead atoms. The molecular formula is C134H106N2. The Kier molecular flexibility index (Phi) is 20.8. The minimum absolute atomic E-state index is 0.0541. The Bertz CT molecular complexity index is 8210. The van der Waals surface area contributed by atoms with Crippen molar-refractivity contribution in [2.75, 3.05) is 9.80 Å². The van der Waals surface area contributed by atoms with Crippen molar-refractivity contribution in [3.8, 4) is 111 Å². The maximum Gasteiger partial charge on any atom is 0.0468 e. The second-order valence-electron chi connectivity index (χ2n) is 40.2. The topological polar surface area (TPSA) is 6.48 Å². The lowest BCUT2D eigenvalue weighted by Crippen LogP contribution is -2.18. The number of rotatable bonds is 14. The highest BCUT2D eigenvalue weighted by molar-refractivity contribution is 6.35. The first-order chi connectivity index (χ1) is 66.3. The van der Waals surface area contributed by atoms with Gasteiger partial charge in [-0.1, -0.05) is 445 Å². The zero-order valence-electron chi connectivity index (χ0n) is 78.8. The Labute approximate surface area is 799 Å². The van der Waals surface area contributed by atoms with E-state index < -0.39 is 0 Å². The highest BCUT2D eigenvalue weighted by Gasteiger charge is 2.39. The molecule has 2 heteroatoms. The normalized spacial score (nSPS) is 12.9. The van der Waals surface area contributed by atoms with Crippen molar-refractivity contribution in [1.82, 2.24) is 0 Å².